The van der Waals surface area contributed by atoms with Gasteiger partial charge in [-0.1, -0.05) is 69.9 Å². The number of hydrogen-bond donors (Lipinski definition) is 1. The number of aryl methyl sites for hydroxylation is 1. The van der Waals surface area contributed by atoms with Crippen molar-refractivity contribution in [2.24, 2.45) is 16.9 Å². The summed E-state index contributed by atoms with van der Waals surface area (Å²) >= 11 is 0. The maximum Gasteiger partial charge on any atom is 0.356 e. The third kappa shape index (κ3) is 5.58. The molecule has 2 fully saturated rings. The van der Waals surface area contributed by atoms with Gasteiger partial charge in [-0.25, -0.2) is 4.79 Å². The molecule has 3 aliphatic rings. The first-order valence-electron chi connectivity index (χ1n) is 14.3. The number of nitrogens with zero attached hydrogens (tertiary/aromatic N) is 3. The van der Waals surface area contributed by atoms with E-state index in [1.165, 1.54) is 24.3 Å². The zero-order valence-corrected chi connectivity index (χ0v) is 22.1. The topological polar surface area (TPSA) is 79.0 Å². The fourth-order valence-electron chi connectivity index (χ4n) is 6.19. The molecule has 37 heavy (non-hydrogen) atoms. The Kier molecular flexibility index (Phi) is 7.92. The van der Waals surface area contributed by atoms with Gasteiger partial charge in [-0.15, -0.1) is 5.01 Å². The molecule has 6 nitrogen and oxygen atoms in total. The van der Waals surface area contributed by atoms with Crippen molar-refractivity contribution in [3.05, 3.63) is 53.6 Å². The molecule has 0 radical (unpaired) electrons. The molecule has 0 unspecified atom stereocenters. The monoisotopic (exact) mass is 500 g/mol. The van der Waals surface area contributed by atoms with Crippen LogP contribution in [0, 0.1) is 18.8 Å². The van der Waals surface area contributed by atoms with Crippen LogP contribution in [-0.2, 0) is 4.79 Å². The van der Waals surface area contributed by atoms with Crippen LogP contribution in [0.4, 0.5) is 21.9 Å². The van der Waals surface area contributed by atoms with Crippen LogP contribution in [0.25, 0.3) is 0 Å². The number of amides is 3. The zero-order valence-electron chi connectivity index (χ0n) is 22.1. The van der Waals surface area contributed by atoms with E-state index < -0.39 is 6.03 Å². The van der Waals surface area contributed by atoms with Crippen molar-refractivity contribution in [2.45, 2.75) is 90.4 Å². The largest absolute Gasteiger partial charge is 0.399 e. The van der Waals surface area contributed by atoms with E-state index in [0.29, 0.717) is 11.4 Å². The summed E-state index contributed by atoms with van der Waals surface area (Å²) in [5.41, 5.74) is 11.0. The normalized spacial score (nSPS) is 20.4. The first kappa shape index (κ1) is 25.5. The SMILES string of the molecule is Cc1ccc2c(c1)N(c1ccc(N)cc1)C(=O)N(C(=O)C1CCCCCCCC1)N=C2C1CCCCC1. The third-order valence-electron chi connectivity index (χ3n) is 8.31. The summed E-state index contributed by atoms with van der Waals surface area (Å²) in [7, 11) is 0. The highest BCUT2D eigenvalue weighted by molar-refractivity contribution is 6.17. The maximum absolute atomic E-state index is 14.3. The molecule has 1 aliphatic heterocycles. The molecule has 2 aromatic rings. The number of imide groups is 1. The van der Waals surface area contributed by atoms with Crippen LogP contribution in [0.1, 0.15) is 94.6 Å². The zero-order chi connectivity index (χ0) is 25.8. The van der Waals surface area contributed by atoms with Crippen molar-refractivity contribution in [2.75, 3.05) is 10.6 Å². The number of urea groups is 1. The third-order valence-corrected chi connectivity index (χ3v) is 8.31. The van der Waals surface area contributed by atoms with Gasteiger partial charge in [-0.3, -0.25) is 9.69 Å². The van der Waals surface area contributed by atoms with Crippen molar-refractivity contribution in [3.8, 4) is 0 Å². The Hall–Kier alpha value is -3.15. The number of benzene rings is 2. The predicted octanol–water partition coefficient (Wildman–Crippen LogP) is 7.71. The molecule has 2 aliphatic carbocycles. The number of fused-ring (bicyclic) bond motifs is 1. The minimum absolute atomic E-state index is 0.148. The molecule has 0 aromatic heterocycles. The van der Waals surface area contributed by atoms with Crippen LogP contribution in [0.15, 0.2) is 47.6 Å². The lowest BCUT2D eigenvalue weighted by Gasteiger charge is -2.28. The molecule has 2 saturated carbocycles. The van der Waals surface area contributed by atoms with Gasteiger partial charge in [-0.2, -0.15) is 5.10 Å². The number of carbonyl (C=O) groups excluding carboxylic acids is 2. The first-order chi connectivity index (χ1) is 18.0. The van der Waals surface area contributed by atoms with E-state index >= 15 is 0 Å². The molecule has 6 heteroatoms. The van der Waals surface area contributed by atoms with Gasteiger partial charge in [0, 0.05) is 23.1 Å². The maximum atomic E-state index is 14.3. The van der Waals surface area contributed by atoms with Crippen LogP contribution in [-0.4, -0.2) is 22.7 Å². The molecule has 0 atom stereocenters. The number of anilines is 3. The number of nitrogens with two attached hydrogens (primary N) is 1. The lowest BCUT2D eigenvalue weighted by molar-refractivity contribution is -0.133. The summed E-state index contributed by atoms with van der Waals surface area (Å²) < 4.78 is 0. The molecule has 2 aromatic carbocycles. The highest BCUT2D eigenvalue weighted by atomic mass is 16.2. The predicted molar refractivity (Wildman–Crippen MR) is 150 cm³/mol. The van der Waals surface area contributed by atoms with Crippen molar-refractivity contribution in [1.29, 1.82) is 0 Å². The van der Waals surface area contributed by atoms with Crippen LogP contribution in [0.2, 0.25) is 0 Å². The Morgan fingerprint density at radius 1 is 0.838 bits per heavy atom. The van der Waals surface area contributed by atoms with Crippen molar-refractivity contribution in [1.82, 2.24) is 5.01 Å². The number of hydrogen-bond acceptors (Lipinski definition) is 4. The average Bonchev–Trinajstić information content (AvgIpc) is 2.98. The summed E-state index contributed by atoms with van der Waals surface area (Å²) in [5, 5.41) is 6.22. The molecule has 2 N–H and O–H groups in total. The highest BCUT2D eigenvalue weighted by Crippen LogP contribution is 2.39. The summed E-state index contributed by atoms with van der Waals surface area (Å²) in [5.74, 6) is -0.0787. The summed E-state index contributed by atoms with van der Waals surface area (Å²) in [6.45, 7) is 2.04. The summed E-state index contributed by atoms with van der Waals surface area (Å²) in [6, 6.07) is 13.1. The Morgan fingerprint density at radius 2 is 1.43 bits per heavy atom. The molecular formula is C31H40N4O2. The molecule has 3 amide bonds. The van der Waals surface area contributed by atoms with Crippen molar-refractivity contribution >= 4 is 34.7 Å². The van der Waals surface area contributed by atoms with Crippen molar-refractivity contribution in [3.63, 3.8) is 0 Å². The Morgan fingerprint density at radius 3 is 2.11 bits per heavy atom. The van der Waals surface area contributed by atoms with Gasteiger partial charge in [0.2, 0.25) is 0 Å². The van der Waals surface area contributed by atoms with Crippen molar-refractivity contribution < 1.29 is 9.59 Å². The van der Waals surface area contributed by atoms with E-state index in [2.05, 4.69) is 18.2 Å². The van der Waals surface area contributed by atoms with E-state index in [1.54, 1.807) is 17.0 Å². The number of hydrazone groups is 1. The molecule has 0 saturated heterocycles. The summed E-state index contributed by atoms with van der Waals surface area (Å²) in [6.07, 6.45) is 14.1. The fraction of sp³-hybridized carbons (Fsp3) is 0.516. The van der Waals surface area contributed by atoms with Crippen LogP contribution < -0.4 is 10.6 Å². The van der Waals surface area contributed by atoms with Gasteiger partial charge in [0.05, 0.1) is 17.1 Å². The van der Waals surface area contributed by atoms with Gasteiger partial charge < -0.3 is 5.73 Å². The fourth-order valence-corrected chi connectivity index (χ4v) is 6.19. The molecule has 196 valence electrons. The van der Waals surface area contributed by atoms with Crippen LogP contribution in [0.5, 0.6) is 0 Å². The second-order valence-electron chi connectivity index (χ2n) is 11.1. The second-order valence-corrected chi connectivity index (χ2v) is 11.1. The Bertz CT molecular complexity index is 1140. The van der Waals surface area contributed by atoms with Gasteiger partial charge in [0.15, 0.2) is 0 Å². The van der Waals surface area contributed by atoms with E-state index in [9.17, 15) is 9.59 Å². The van der Waals surface area contributed by atoms with Crippen LogP contribution >= 0.6 is 0 Å². The minimum Gasteiger partial charge on any atom is -0.399 e. The van der Waals surface area contributed by atoms with Gasteiger partial charge in [0.1, 0.15) is 0 Å². The van der Waals surface area contributed by atoms with Gasteiger partial charge >= 0.3 is 6.03 Å². The highest BCUT2D eigenvalue weighted by Gasteiger charge is 2.39. The number of rotatable bonds is 3. The first-order valence-corrected chi connectivity index (χ1v) is 14.3. The van der Waals surface area contributed by atoms with Gasteiger partial charge in [0.25, 0.3) is 5.91 Å². The standard InChI is InChI=1S/C31H40N4O2/c1-22-15-20-27-28(21-22)34(26-18-16-25(32)17-19-26)31(37)35(33-29(27)23-11-9-6-10-12-23)30(36)24-13-7-4-2-3-5-8-14-24/h15-21,23-24H,2-14,32H2,1H3. The van der Waals surface area contributed by atoms with E-state index in [0.717, 1.165) is 86.7 Å². The number of carbonyl (C=O) groups is 2. The smallest absolute Gasteiger partial charge is 0.356 e. The molecule has 0 bridgehead atoms. The van der Waals surface area contributed by atoms with E-state index in [4.69, 9.17) is 10.8 Å². The second kappa shape index (κ2) is 11.5. The molecule has 0 spiro atoms. The van der Waals surface area contributed by atoms with E-state index in [-0.39, 0.29) is 17.7 Å². The molecule has 5 rings (SSSR count). The Balaban J connectivity index is 1.62. The average molecular weight is 501 g/mol. The Labute approximate surface area is 220 Å². The lowest BCUT2D eigenvalue weighted by atomic mass is 9.82. The molecular weight excluding hydrogens is 460 g/mol. The quantitative estimate of drug-likeness (QED) is 0.438. The minimum atomic E-state index is -0.396. The summed E-state index contributed by atoms with van der Waals surface area (Å²) in [4.78, 5) is 30.1. The van der Waals surface area contributed by atoms with Crippen LogP contribution in [0.3, 0.4) is 0 Å². The lowest BCUT2D eigenvalue weighted by Crippen LogP contribution is -2.43. The van der Waals surface area contributed by atoms with E-state index in [1.807, 2.05) is 19.1 Å². The number of nitrogen functional groups attached to an aromatic ring is 1. The molecule has 1 heterocycles. The van der Waals surface area contributed by atoms with Gasteiger partial charge in [-0.05, 0) is 68.5 Å².